The van der Waals surface area contributed by atoms with Crippen LogP contribution in [0, 0.1) is 5.92 Å². The van der Waals surface area contributed by atoms with Crippen molar-refractivity contribution in [3.8, 4) is 0 Å². The number of hydrogen-bond donors (Lipinski definition) is 2. The number of anilines is 1. The van der Waals surface area contributed by atoms with Gasteiger partial charge in [0.05, 0.1) is 6.20 Å². The van der Waals surface area contributed by atoms with E-state index in [0.29, 0.717) is 5.69 Å². The van der Waals surface area contributed by atoms with E-state index >= 15 is 0 Å². The zero-order valence-electron chi connectivity index (χ0n) is 12.5. The maximum atomic E-state index is 12.6. The highest BCUT2D eigenvalue weighted by atomic mass is 16.4. The van der Waals surface area contributed by atoms with Gasteiger partial charge < -0.3 is 15.3 Å². The van der Waals surface area contributed by atoms with Crippen LogP contribution in [-0.4, -0.2) is 45.4 Å². The second-order valence-corrected chi connectivity index (χ2v) is 5.27. The summed E-state index contributed by atoms with van der Waals surface area (Å²) in [5.41, 5.74) is 0.609. The molecule has 1 aromatic carbocycles. The van der Waals surface area contributed by atoms with Crippen LogP contribution >= 0.6 is 0 Å². The number of carboxylic acids is 1. The molecule has 1 aliphatic heterocycles. The quantitative estimate of drug-likeness (QED) is 0.837. The monoisotopic (exact) mass is 326 g/mol. The number of nitrogens with one attached hydrogen (secondary N) is 1. The maximum absolute atomic E-state index is 12.6. The van der Waals surface area contributed by atoms with Gasteiger partial charge in [-0.2, -0.15) is 0 Å². The molecule has 0 radical (unpaired) electrons. The van der Waals surface area contributed by atoms with Crippen molar-refractivity contribution in [1.29, 1.82) is 0 Å². The summed E-state index contributed by atoms with van der Waals surface area (Å²) < 4.78 is 0. The Labute approximate surface area is 137 Å². The molecular formula is C16H14N4O4. The van der Waals surface area contributed by atoms with Crippen molar-refractivity contribution in [2.24, 2.45) is 5.92 Å². The number of aliphatic carboxylic acids is 1. The van der Waals surface area contributed by atoms with Crippen molar-refractivity contribution in [3.63, 3.8) is 0 Å². The van der Waals surface area contributed by atoms with Crippen molar-refractivity contribution in [2.45, 2.75) is 6.04 Å². The Balaban J connectivity index is 1.84. The van der Waals surface area contributed by atoms with Crippen molar-refractivity contribution in [3.05, 3.63) is 54.6 Å². The lowest BCUT2D eigenvalue weighted by Gasteiger charge is -2.16. The fourth-order valence-corrected chi connectivity index (χ4v) is 2.59. The molecule has 2 aromatic rings. The number of rotatable bonds is 4. The number of carboxylic acid groups (broad SMARTS) is 1. The van der Waals surface area contributed by atoms with Crippen molar-refractivity contribution < 1.29 is 19.5 Å². The molecule has 1 fully saturated rings. The second kappa shape index (κ2) is 6.45. The molecule has 1 saturated heterocycles. The summed E-state index contributed by atoms with van der Waals surface area (Å²) in [5.74, 6) is -3.29. The van der Waals surface area contributed by atoms with E-state index in [1.807, 2.05) is 0 Å². The third-order valence-electron chi connectivity index (χ3n) is 3.78. The van der Waals surface area contributed by atoms with E-state index in [1.54, 1.807) is 30.3 Å². The van der Waals surface area contributed by atoms with Crippen LogP contribution in [0.4, 0.5) is 5.69 Å². The second-order valence-electron chi connectivity index (χ2n) is 5.27. The number of para-hydroxylation sites is 1. The average molecular weight is 326 g/mol. The van der Waals surface area contributed by atoms with E-state index in [9.17, 15) is 19.5 Å². The van der Waals surface area contributed by atoms with E-state index in [2.05, 4.69) is 15.3 Å². The van der Waals surface area contributed by atoms with Crippen molar-refractivity contribution in [2.75, 3.05) is 11.4 Å². The Morgan fingerprint density at radius 2 is 1.96 bits per heavy atom. The Morgan fingerprint density at radius 3 is 2.58 bits per heavy atom. The Kier molecular flexibility index (Phi) is 4.19. The molecule has 122 valence electrons. The molecule has 8 nitrogen and oxygen atoms in total. The highest BCUT2D eigenvalue weighted by Gasteiger charge is 2.46. The summed E-state index contributed by atoms with van der Waals surface area (Å²) in [5, 5.41) is 11.9. The molecule has 24 heavy (non-hydrogen) atoms. The van der Waals surface area contributed by atoms with Crippen LogP contribution in [0.1, 0.15) is 10.5 Å². The predicted octanol–water partition coefficient (Wildman–Crippen LogP) is 0.323. The van der Waals surface area contributed by atoms with Gasteiger partial charge >= 0.3 is 5.97 Å². The molecule has 0 bridgehead atoms. The fourth-order valence-electron chi connectivity index (χ4n) is 2.59. The van der Waals surface area contributed by atoms with Gasteiger partial charge in [-0.25, -0.2) is 4.98 Å². The summed E-state index contributed by atoms with van der Waals surface area (Å²) in [6, 6.07) is 7.57. The minimum absolute atomic E-state index is 0.0103. The molecule has 1 aliphatic rings. The fraction of sp³-hybridized carbons (Fsp3) is 0.188. The molecule has 3 rings (SSSR count). The molecule has 2 heterocycles. The summed E-state index contributed by atoms with van der Waals surface area (Å²) in [4.78, 5) is 45.3. The Bertz CT molecular complexity index is 766. The minimum Gasteiger partial charge on any atom is -0.481 e. The van der Waals surface area contributed by atoms with E-state index < -0.39 is 29.7 Å². The first-order valence-corrected chi connectivity index (χ1v) is 7.24. The number of aromatic nitrogens is 2. The molecule has 1 aromatic heterocycles. The van der Waals surface area contributed by atoms with E-state index in [4.69, 9.17) is 0 Å². The SMILES string of the molecule is O=C(NC1C(=O)N(c2ccccc2)CC1C(=O)O)c1cnccn1. The van der Waals surface area contributed by atoms with Gasteiger partial charge in [0.25, 0.3) is 11.8 Å². The Hall–Kier alpha value is -3.29. The number of hydrogen-bond acceptors (Lipinski definition) is 5. The van der Waals surface area contributed by atoms with Crippen LogP contribution in [-0.2, 0) is 9.59 Å². The largest absolute Gasteiger partial charge is 0.481 e. The summed E-state index contributed by atoms with van der Waals surface area (Å²) in [7, 11) is 0. The number of carbonyl (C=O) groups is 3. The molecule has 0 spiro atoms. The molecule has 2 atom stereocenters. The smallest absolute Gasteiger partial charge is 0.310 e. The number of amides is 2. The number of carbonyl (C=O) groups excluding carboxylic acids is 2. The molecule has 2 unspecified atom stereocenters. The van der Waals surface area contributed by atoms with Gasteiger partial charge in [0.1, 0.15) is 17.7 Å². The van der Waals surface area contributed by atoms with E-state index in [-0.39, 0.29) is 12.2 Å². The topological polar surface area (TPSA) is 112 Å². The highest BCUT2D eigenvalue weighted by molar-refractivity contribution is 6.06. The first-order valence-electron chi connectivity index (χ1n) is 7.24. The first kappa shape index (κ1) is 15.6. The molecule has 0 saturated carbocycles. The van der Waals surface area contributed by atoms with E-state index in [1.165, 1.54) is 23.5 Å². The number of nitrogens with zero attached hydrogens (tertiary/aromatic N) is 3. The first-order chi connectivity index (χ1) is 11.6. The standard InChI is InChI=1S/C16H14N4O4/c21-14(12-8-17-6-7-18-12)19-13-11(16(23)24)9-20(15(13)22)10-4-2-1-3-5-10/h1-8,11,13H,9H2,(H,19,21)(H,23,24). The molecule has 2 N–H and O–H groups in total. The van der Waals surface area contributed by atoms with Crippen molar-refractivity contribution >= 4 is 23.5 Å². The molecular weight excluding hydrogens is 312 g/mol. The lowest BCUT2D eigenvalue weighted by Crippen LogP contribution is -2.46. The predicted molar refractivity (Wildman–Crippen MR) is 83.2 cm³/mol. The highest BCUT2D eigenvalue weighted by Crippen LogP contribution is 2.25. The van der Waals surface area contributed by atoms with Gasteiger partial charge in [0, 0.05) is 24.6 Å². The molecule has 2 amide bonds. The van der Waals surface area contributed by atoms with Gasteiger partial charge in [-0.15, -0.1) is 0 Å². The number of benzene rings is 1. The Morgan fingerprint density at radius 1 is 1.21 bits per heavy atom. The van der Waals surface area contributed by atoms with Crippen LogP contribution in [0.2, 0.25) is 0 Å². The van der Waals surface area contributed by atoms with Crippen LogP contribution in [0.15, 0.2) is 48.9 Å². The van der Waals surface area contributed by atoms with Crippen LogP contribution in [0.3, 0.4) is 0 Å². The summed E-state index contributed by atoms with van der Waals surface area (Å²) in [6.07, 6.45) is 4.00. The third-order valence-corrected chi connectivity index (χ3v) is 3.78. The van der Waals surface area contributed by atoms with Gasteiger partial charge in [-0.1, -0.05) is 18.2 Å². The lowest BCUT2D eigenvalue weighted by atomic mass is 10.0. The van der Waals surface area contributed by atoms with Crippen LogP contribution in [0.25, 0.3) is 0 Å². The van der Waals surface area contributed by atoms with Crippen LogP contribution < -0.4 is 10.2 Å². The molecule has 8 heteroatoms. The molecule has 0 aliphatic carbocycles. The van der Waals surface area contributed by atoms with Crippen LogP contribution in [0.5, 0.6) is 0 Å². The lowest BCUT2D eigenvalue weighted by molar-refractivity contribution is -0.142. The minimum atomic E-state index is -1.16. The third kappa shape index (κ3) is 2.94. The zero-order chi connectivity index (χ0) is 17.1. The van der Waals surface area contributed by atoms with Gasteiger partial charge in [-0.3, -0.25) is 19.4 Å². The summed E-state index contributed by atoms with van der Waals surface area (Å²) in [6.45, 7) is -0.0103. The normalized spacial score (nSPS) is 20.0. The van der Waals surface area contributed by atoms with E-state index in [0.717, 1.165) is 0 Å². The average Bonchev–Trinajstić information content (AvgIpc) is 2.93. The zero-order valence-corrected chi connectivity index (χ0v) is 12.5. The van der Waals surface area contributed by atoms with Crippen molar-refractivity contribution in [1.82, 2.24) is 15.3 Å². The van der Waals surface area contributed by atoms with Gasteiger partial charge in [0.15, 0.2) is 0 Å². The maximum Gasteiger partial charge on any atom is 0.310 e. The van der Waals surface area contributed by atoms with Gasteiger partial charge in [0.2, 0.25) is 0 Å². The summed E-state index contributed by atoms with van der Waals surface area (Å²) >= 11 is 0. The van der Waals surface area contributed by atoms with Gasteiger partial charge in [-0.05, 0) is 12.1 Å².